The molecule has 0 saturated heterocycles. The van der Waals surface area contributed by atoms with E-state index >= 15 is 0 Å². The molecule has 2 aromatic carbocycles. The van der Waals surface area contributed by atoms with Gasteiger partial charge in [0, 0.05) is 12.1 Å². The molecule has 0 atom stereocenters. The van der Waals surface area contributed by atoms with Gasteiger partial charge in [0.15, 0.2) is 0 Å². The van der Waals surface area contributed by atoms with Crippen LogP contribution < -0.4 is 4.74 Å². The number of para-hydroxylation sites is 1. The first-order chi connectivity index (χ1) is 10.6. The Morgan fingerprint density at radius 3 is 2.59 bits per heavy atom. The van der Waals surface area contributed by atoms with E-state index in [1.54, 1.807) is 6.07 Å². The van der Waals surface area contributed by atoms with Crippen LogP contribution in [0.5, 0.6) is 5.75 Å². The van der Waals surface area contributed by atoms with Crippen molar-refractivity contribution < 1.29 is 14.3 Å². The van der Waals surface area contributed by atoms with Crippen molar-refractivity contribution in [2.45, 2.75) is 0 Å². The minimum atomic E-state index is -0.340. The van der Waals surface area contributed by atoms with Crippen LogP contribution in [0, 0.1) is 0 Å². The van der Waals surface area contributed by atoms with Gasteiger partial charge in [0.1, 0.15) is 12.4 Å². The third-order valence-corrected chi connectivity index (χ3v) is 3.28. The van der Waals surface area contributed by atoms with Crippen LogP contribution in [0.3, 0.4) is 0 Å². The largest absolute Gasteiger partial charge is 0.492 e. The van der Waals surface area contributed by atoms with Crippen LogP contribution in [0.4, 0.5) is 0 Å². The van der Waals surface area contributed by atoms with Crippen molar-refractivity contribution >= 4 is 5.97 Å². The lowest BCUT2D eigenvalue weighted by atomic mass is 10.0. The maximum atomic E-state index is 11.7. The highest BCUT2D eigenvalue weighted by Crippen LogP contribution is 2.30. The number of rotatable bonds is 6. The van der Waals surface area contributed by atoms with Gasteiger partial charge in [0.2, 0.25) is 0 Å². The quantitative estimate of drug-likeness (QED) is 0.768. The van der Waals surface area contributed by atoms with Gasteiger partial charge in [-0.1, -0.05) is 30.3 Å². The molecule has 0 radical (unpaired) electrons. The van der Waals surface area contributed by atoms with Gasteiger partial charge in [-0.25, -0.2) is 4.79 Å². The molecule has 0 spiro atoms. The Balaban J connectivity index is 2.26. The van der Waals surface area contributed by atoms with Gasteiger partial charge >= 0.3 is 5.97 Å². The van der Waals surface area contributed by atoms with Crippen molar-refractivity contribution in [2.24, 2.45) is 0 Å². The number of likely N-dealkylation sites (N-methyl/N-ethyl adjacent to an activating group) is 1. The summed E-state index contributed by atoms with van der Waals surface area (Å²) in [5.41, 5.74) is 2.43. The zero-order valence-electron chi connectivity index (χ0n) is 13.2. The van der Waals surface area contributed by atoms with E-state index < -0.39 is 0 Å². The van der Waals surface area contributed by atoms with E-state index in [0.717, 1.165) is 23.4 Å². The molecule has 0 amide bonds. The highest BCUT2D eigenvalue weighted by molar-refractivity contribution is 5.91. The highest BCUT2D eigenvalue weighted by Gasteiger charge is 2.10. The van der Waals surface area contributed by atoms with E-state index in [1.807, 2.05) is 56.6 Å². The number of ether oxygens (including phenoxy) is 2. The van der Waals surface area contributed by atoms with Gasteiger partial charge in [-0.3, -0.25) is 0 Å². The molecule has 0 aliphatic rings. The molecule has 2 rings (SSSR count). The van der Waals surface area contributed by atoms with Gasteiger partial charge in [-0.15, -0.1) is 0 Å². The lowest BCUT2D eigenvalue weighted by molar-refractivity contribution is 0.0601. The number of methoxy groups -OCH3 is 1. The molecule has 0 aromatic heterocycles. The highest BCUT2D eigenvalue weighted by atomic mass is 16.5. The van der Waals surface area contributed by atoms with Crippen molar-refractivity contribution in [3.8, 4) is 16.9 Å². The smallest absolute Gasteiger partial charge is 0.337 e. The first kappa shape index (κ1) is 16.0. The fourth-order valence-corrected chi connectivity index (χ4v) is 2.10. The van der Waals surface area contributed by atoms with E-state index in [9.17, 15) is 4.79 Å². The molecule has 116 valence electrons. The standard InChI is InChI=1S/C18H21NO3/c1-19(2)11-12-22-17-10-5-4-9-16(17)14-7-6-8-15(13-14)18(20)21-3/h4-10,13H,11-12H2,1-3H3. The lowest BCUT2D eigenvalue weighted by Crippen LogP contribution is -2.19. The fraction of sp³-hybridized carbons (Fsp3) is 0.278. The van der Waals surface area contributed by atoms with Gasteiger partial charge in [0.25, 0.3) is 0 Å². The first-order valence-corrected chi connectivity index (χ1v) is 7.17. The Morgan fingerprint density at radius 2 is 1.86 bits per heavy atom. The Bertz CT molecular complexity index is 638. The Morgan fingerprint density at radius 1 is 1.09 bits per heavy atom. The van der Waals surface area contributed by atoms with Crippen LogP contribution in [0.15, 0.2) is 48.5 Å². The van der Waals surface area contributed by atoms with E-state index in [-0.39, 0.29) is 5.97 Å². The summed E-state index contributed by atoms with van der Waals surface area (Å²) in [4.78, 5) is 13.7. The molecule has 0 fully saturated rings. The lowest BCUT2D eigenvalue weighted by Gasteiger charge is -2.14. The molecule has 4 heteroatoms. The third kappa shape index (κ3) is 4.09. The average molecular weight is 299 g/mol. The van der Waals surface area contributed by atoms with Crippen molar-refractivity contribution in [3.63, 3.8) is 0 Å². The molecule has 0 unspecified atom stereocenters. The van der Waals surface area contributed by atoms with Crippen LogP contribution in [-0.4, -0.2) is 45.2 Å². The summed E-state index contributed by atoms with van der Waals surface area (Å²) in [5.74, 6) is 0.472. The van der Waals surface area contributed by atoms with Gasteiger partial charge < -0.3 is 14.4 Å². The summed E-state index contributed by atoms with van der Waals surface area (Å²) < 4.78 is 10.6. The molecule has 0 aliphatic carbocycles. The summed E-state index contributed by atoms with van der Waals surface area (Å²) in [6.07, 6.45) is 0. The van der Waals surface area contributed by atoms with Gasteiger partial charge in [-0.05, 0) is 37.9 Å². The van der Waals surface area contributed by atoms with E-state index in [0.29, 0.717) is 12.2 Å². The number of hydrogen-bond acceptors (Lipinski definition) is 4. The van der Waals surface area contributed by atoms with Crippen molar-refractivity contribution in [3.05, 3.63) is 54.1 Å². The normalized spacial score (nSPS) is 10.5. The summed E-state index contributed by atoms with van der Waals surface area (Å²) in [6, 6.07) is 15.2. The van der Waals surface area contributed by atoms with Gasteiger partial charge in [0.05, 0.1) is 12.7 Å². The molecule has 0 bridgehead atoms. The summed E-state index contributed by atoms with van der Waals surface area (Å²) in [7, 11) is 5.40. The van der Waals surface area contributed by atoms with Crippen LogP contribution in [0.2, 0.25) is 0 Å². The fourth-order valence-electron chi connectivity index (χ4n) is 2.10. The van der Waals surface area contributed by atoms with Crippen molar-refractivity contribution in [1.29, 1.82) is 0 Å². The average Bonchev–Trinajstić information content (AvgIpc) is 2.54. The topological polar surface area (TPSA) is 38.8 Å². The zero-order valence-corrected chi connectivity index (χ0v) is 13.2. The minimum Gasteiger partial charge on any atom is -0.492 e. The van der Waals surface area contributed by atoms with Crippen LogP contribution in [0.1, 0.15) is 10.4 Å². The summed E-state index contributed by atoms with van der Waals surface area (Å²) in [5, 5.41) is 0. The maximum Gasteiger partial charge on any atom is 0.337 e. The second-order valence-corrected chi connectivity index (χ2v) is 5.22. The zero-order chi connectivity index (χ0) is 15.9. The molecule has 0 N–H and O–H groups in total. The number of hydrogen-bond donors (Lipinski definition) is 0. The number of esters is 1. The van der Waals surface area contributed by atoms with Crippen LogP contribution in [0.25, 0.3) is 11.1 Å². The maximum absolute atomic E-state index is 11.7. The summed E-state index contributed by atoms with van der Waals surface area (Å²) >= 11 is 0. The minimum absolute atomic E-state index is 0.340. The van der Waals surface area contributed by atoms with E-state index in [1.165, 1.54) is 7.11 Å². The number of nitrogens with zero attached hydrogens (tertiary/aromatic N) is 1. The van der Waals surface area contributed by atoms with Crippen LogP contribution >= 0.6 is 0 Å². The molecule has 0 heterocycles. The summed E-state index contributed by atoms with van der Waals surface area (Å²) in [6.45, 7) is 1.46. The monoisotopic (exact) mass is 299 g/mol. The molecule has 22 heavy (non-hydrogen) atoms. The predicted molar refractivity (Wildman–Crippen MR) is 87.3 cm³/mol. The van der Waals surface area contributed by atoms with Crippen LogP contribution in [-0.2, 0) is 4.74 Å². The SMILES string of the molecule is COC(=O)c1cccc(-c2ccccc2OCCN(C)C)c1. The molecular formula is C18H21NO3. The second kappa shape index (κ2) is 7.61. The third-order valence-electron chi connectivity index (χ3n) is 3.28. The second-order valence-electron chi connectivity index (χ2n) is 5.22. The first-order valence-electron chi connectivity index (χ1n) is 7.17. The number of carbonyl (C=O) groups excluding carboxylic acids is 1. The van der Waals surface area contributed by atoms with Crippen molar-refractivity contribution in [2.75, 3.05) is 34.4 Å². The molecule has 0 saturated carbocycles. The van der Waals surface area contributed by atoms with E-state index in [2.05, 4.69) is 4.90 Å². The number of carbonyl (C=O) groups is 1. The predicted octanol–water partition coefficient (Wildman–Crippen LogP) is 3.08. The number of benzene rings is 2. The Hall–Kier alpha value is -2.33. The van der Waals surface area contributed by atoms with E-state index in [4.69, 9.17) is 9.47 Å². The Kier molecular flexibility index (Phi) is 5.55. The Labute approximate surface area is 131 Å². The molecule has 4 nitrogen and oxygen atoms in total. The van der Waals surface area contributed by atoms with Crippen molar-refractivity contribution in [1.82, 2.24) is 4.90 Å². The van der Waals surface area contributed by atoms with Gasteiger partial charge in [-0.2, -0.15) is 0 Å². The molecule has 0 aliphatic heterocycles. The molecule has 2 aromatic rings. The molecular weight excluding hydrogens is 278 g/mol.